The molecule has 1 aromatic heterocycles. The zero-order chi connectivity index (χ0) is 40.5. The van der Waals surface area contributed by atoms with Gasteiger partial charge in [-0.2, -0.15) is 0 Å². The highest BCUT2D eigenvalue weighted by atomic mass is 15.2. The normalized spacial score (nSPS) is 11.3. The van der Waals surface area contributed by atoms with Crippen LogP contribution >= 0.6 is 0 Å². The average molecular weight is 780 g/mol. The van der Waals surface area contributed by atoms with Crippen molar-refractivity contribution in [2.24, 2.45) is 0 Å². The van der Waals surface area contributed by atoms with Crippen molar-refractivity contribution in [2.75, 3.05) is 9.80 Å². The van der Waals surface area contributed by atoms with Crippen LogP contribution in [0.5, 0.6) is 0 Å². The Morgan fingerprint density at radius 3 is 1.15 bits per heavy atom. The number of aromatic nitrogens is 1. The lowest BCUT2D eigenvalue weighted by atomic mass is 10.0. The molecule has 0 saturated carbocycles. The van der Waals surface area contributed by atoms with Gasteiger partial charge >= 0.3 is 0 Å². The Bertz CT molecular complexity index is 3210. The lowest BCUT2D eigenvalue weighted by molar-refractivity contribution is 1.19. The molecule has 11 aromatic rings. The first-order chi connectivity index (χ1) is 30.3. The van der Waals surface area contributed by atoms with E-state index in [9.17, 15) is 0 Å². The van der Waals surface area contributed by atoms with Crippen LogP contribution in [-0.4, -0.2) is 4.57 Å². The predicted molar refractivity (Wildman–Crippen MR) is 259 cm³/mol. The van der Waals surface area contributed by atoms with Gasteiger partial charge in [0.1, 0.15) is 0 Å². The first-order valence-electron chi connectivity index (χ1n) is 20.8. The van der Waals surface area contributed by atoms with Gasteiger partial charge in [-0.05, 0) is 119 Å². The molecular weight excluding hydrogens is 739 g/mol. The van der Waals surface area contributed by atoms with E-state index in [2.05, 4.69) is 263 Å². The molecule has 0 radical (unpaired) electrons. The predicted octanol–water partition coefficient (Wildman–Crippen LogP) is 16.2. The second-order valence-corrected chi connectivity index (χ2v) is 15.4. The van der Waals surface area contributed by atoms with Crippen molar-refractivity contribution in [1.29, 1.82) is 0 Å². The zero-order valence-corrected chi connectivity index (χ0v) is 33.5. The third-order valence-electron chi connectivity index (χ3n) is 11.8. The van der Waals surface area contributed by atoms with Crippen molar-refractivity contribution in [2.45, 2.75) is 0 Å². The summed E-state index contributed by atoms with van der Waals surface area (Å²) < 4.78 is 2.42. The Morgan fingerprint density at radius 2 is 0.623 bits per heavy atom. The minimum atomic E-state index is 1.08. The molecule has 0 aliphatic carbocycles. The largest absolute Gasteiger partial charge is 0.311 e. The van der Waals surface area contributed by atoms with E-state index in [1.807, 2.05) is 0 Å². The highest BCUT2D eigenvalue weighted by Crippen LogP contribution is 2.41. The van der Waals surface area contributed by atoms with Crippen molar-refractivity contribution in [3.05, 3.63) is 249 Å². The second kappa shape index (κ2) is 15.6. The maximum absolute atomic E-state index is 2.42. The van der Waals surface area contributed by atoms with Crippen LogP contribution in [0.1, 0.15) is 0 Å². The number of anilines is 6. The molecule has 10 aromatic carbocycles. The minimum Gasteiger partial charge on any atom is -0.311 e. The standard InChI is InChI=1S/C58H41N3/c1-4-14-42(15-5-1)43-24-31-49(32-25-43)60(52-39-37-51(38-40-52)59(47-17-6-2-7-18-47)48-19-8-3-9-20-48)50-33-26-44(27-34-50)45-28-35-53(36-29-45)61-57-23-13-12-22-55(57)56-41-30-46-16-10-11-21-54(46)58(56)61/h1-41H. The van der Waals surface area contributed by atoms with E-state index in [4.69, 9.17) is 0 Å². The van der Waals surface area contributed by atoms with Crippen molar-refractivity contribution < 1.29 is 0 Å². The lowest BCUT2D eigenvalue weighted by Crippen LogP contribution is -2.12. The second-order valence-electron chi connectivity index (χ2n) is 15.4. The summed E-state index contributed by atoms with van der Waals surface area (Å²) in [5, 5.41) is 5.04. The molecule has 0 fully saturated rings. The van der Waals surface area contributed by atoms with Crippen LogP contribution in [0.3, 0.4) is 0 Å². The van der Waals surface area contributed by atoms with Crippen LogP contribution in [-0.2, 0) is 0 Å². The number of fused-ring (bicyclic) bond motifs is 5. The molecular formula is C58H41N3. The summed E-state index contributed by atoms with van der Waals surface area (Å²) >= 11 is 0. The van der Waals surface area contributed by atoms with Gasteiger partial charge in [-0.15, -0.1) is 0 Å². The molecule has 1 heterocycles. The molecule has 61 heavy (non-hydrogen) atoms. The minimum absolute atomic E-state index is 1.08. The van der Waals surface area contributed by atoms with Gasteiger partial charge in [0.25, 0.3) is 0 Å². The van der Waals surface area contributed by atoms with Gasteiger partial charge in [0, 0.05) is 56.0 Å². The molecule has 288 valence electrons. The van der Waals surface area contributed by atoms with E-state index in [1.54, 1.807) is 0 Å². The van der Waals surface area contributed by atoms with E-state index >= 15 is 0 Å². The van der Waals surface area contributed by atoms with Gasteiger partial charge in [-0.1, -0.05) is 158 Å². The number of benzene rings is 10. The summed E-state index contributed by atoms with van der Waals surface area (Å²) in [5.41, 5.74) is 14.9. The quantitative estimate of drug-likeness (QED) is 0.145. The molecule has 0 amide bonds. The van der Waals surface area contributed by atoms with Crippen LogP contribution < -0.4 is 9.80 Å². The maximum Gasteiger partial charge on any atom is 0.0619 e. The number of nitrogens with zero attached hydrogens (tertiary/aromatic N) is 3. The molecule has 0 spiro atoms. The Balaban J connectivity index is 0.953. The van der Waals surface area contributed by atoms with Crippen LogP contribution in [0.15, 0.2) is 249 Å². The van der Waals surface area contributed by atoms with Crippen molar-refractivity contribution in [1.82, 2.24) is 4.57 Å². The molecule has 3 nitrogen and oxygen atoms in total. The van der Waals surface area contributed by atoms with Gasteiger partial charge in [0.05, 0.1) is 11.0 Å². The molecule has 11 rings (SSSR count). The molecule has 3 heteroatoms. The Morgan fingerprint density at radius 1 is 0.246 bits per heavy atom. The van der Waals surface area contributed by atoms with Crippen LogP contribution in [0.25, 0.3) is 60.5 Å². The summed E-state index contributed by atoms with van der Waals surface area (Å²) in [4.78, 5) is 4.64. The average Bonchev–Trinajstić information content (AvgIpc) is 3.69. The third kappa shape index (κ3) is 6.69. The number of hydrogen-bond acceptors (Lipinski definition) is 2. The fourth-order valence-electron chi connectivity index (χ4n) is 8.84. The van der Waals surface area contributed by atoms with Crippen molar-refractivity contribution >= 4 is 66.7 Å². The topological polar surface area (TPSA) is 11.4 Å². The van der Waals surface area contributed by atoms with Gasteiger partial charge in [-0.3, -0.25) is 0 Å². The fraction of sp³-hybridized carbons (Fsp3) is 0. The third-order valence-corrected chi connectivity index (χ3v) is 11.8. The summed E-state index contributed by atoms with van der Waals surface area (Å²) in [7, 11) is 0. The van der Waals surface area contributed by atoms with Gasteiger partial charge in [0.15, 0.2) is 0 Å². The van der Waals surface area contributed by atoms with E-state index in [0.29, 0.717) is 0 Å². The van der Waals surface area contributed by atoms with E-state index in [1.165, 1.54) is 54.8 Å². The number of hydrogen-bond donors (Lipinski definition) is 0. The molecule has 0 bridgehead atoms. The molecule has 0 saturated heterocycles. The molecule has 0 aliphatic heterocycles. The highest BCUT2D eigenvalue weighted by molar-refractivity contribution is 6.18. The Kier molecular flexibility index (Phi) is 9.18. The Labute approximate surface area is 356 Å². The van der Waals surface area contributed by atoms with Gasteiger partial charge in [-0.25, -0.2) is 0 Å². The lowest BCUT2D eigenvalue weighted by Gasteiger charge is -2.28. The highest BCUT2D eigenvalue weighted by Gasteiger charge is 2.18. The van der Waals surface area contributed by atoms with Gasteiger partial charge in [0.2, 0.25) is 0 Å². The van der Waals surface area contributed by atoms with Crippen molar-refractivity contribution in [3.63, 3.8) is 0 Å². The fourth-order valence-corrected chi connectivity index (χ4v) is 8.84. The molecule has 0 atom stereocenters. The molecule has 0 N–H and O–H groups in total. The first kappa shape index (κ1) is 36.0. The van der Waals surface area contributed by atoms with Crippen LogP contribution in [0.2, 0.25) is 0 Å². The number of para-hydroxylation sites is 3. The zero-order valence-electron chi connectivity index (χ0n) is 33.5. The van der Waals surface area contributed by atoms with Gasteiger partial charge < -0.3 is 14.4 Å². The first-order valence-corrected chi connectivity index (χ1v) is 20.8. The summed E-state index contributed by atoms with van der Waals surface area (Å²) in [6.45, 7) is 0. The molecule has 0 aliphatic rings. The smallest absolute Gasteiger partial charge is 0.0619 e. The van der Waals surface area contributed by atoms with E-state index in [0.717, 1.165) is 39.8 Å². The summed E-state index contributed by atoms with van der Waals surface area (Å²) in [6, 6.07) is 89.3. The van der Waals surface area contributed by atoms with E-state index < -0.39 is 0 Å². The maximum atomic E-state index is 2.42. The molecule has 0 unspecified atom stereocenters. The number of rotatable bonds is 9. The SMILES string of the molecule is c1ccc(-c2ccc(N(c3ccc(-c4ccc(-n5c6ccccc6c6ccc7ccccc7c65)cc4)cc3)c3ccc(N(c4ccccc4)c4ccccc4)cc3)cc2)cc1. The summed E-state index contributed by atoms with van der Waals surface area (Å²) in [6.07, 6.45) is 0. The monoisotopic (exact) mass is 779 g/mol. The van der Waals surface area contributed by atoms with E-state index in [-0.39, 0.29) is 0 Å². The Hall–Kier alpha value is -8.14. The van der Waals surface area contributed by atoms with Crippen LogP contribution in [0.4, 0.5) is 34.1 Å². The van der Waals surface area contributed by atoms with Crippen molar-refractivity contribution in [3.8, 4) is 27.9 Å². The summed E-state index contributed by atoms with van der Waals surface area (Å²) in [5.74, 6) is 0. The van der Waals surface area contributed by atoms with Crippen LogP contribution in [0, 0.1) is 0 Å².